The molecule has 0 spiro atoms. The Balaban J connectivity index is 1.94. The largest absolute Gasteiger partial charge is 0.482 e. The molecule has 0 unspecified atom stereocenters. The van der Waals surface area contributed by atoms with Gasteiger partial charge in [0.05, 0.1) is 6.54 Å². The number of Topliss-reactive ketones (excluding diaryl/α,β-unsaturated/α-hetero) is 1. The first kappa shape index (κ1) is 20.5. The van der Waals surface area contributed by atoms with Crippen LogP contribution >= 0.6 is 15.9 Å². The van der Waals surface area contributed by atoms with E-state index >= 15 is 0 Å². The van der Waals surface area contributed by atoms with Crippen molar-refractivity contribution in [2.75, 3.05) is 12.3 Å². The zero-order chi connectivity index (χ0) is 21.1. The number of ketones is 1. The van der Waals surface area contributed by atoms with Gasteiger partial charge in [0.1, 0.15) is 11.4 Å². The van der Waals surface area contributed by atoms with Crippen LogP contribution in [0.25, 0.3) is 0 Å². The van der Waals surface area contributed by atoms with Gasteiger partial charge in [-0.25, -0.2) is 9.18 Å². The quantitative estimate of drug-likeness (QED) is 0.568. The fraction of sp³-hybridized carbons (Fsp3) is 0.150. The molecule has 0 aliphatic heterocycles. The summed E-state index contributed by atoms with van der Waals surface area (Å²) in [4.78, 5) is 37.6. The Morgan fingerprint density at radius 1 is 1.17 bits per heavy atom. The molecule has 0 atom stereocenters. The zero-order valence-corrected chi connectivity index (χ0v) is 17.0. The number of anilines is 1. The molecule has 7 nitrogen and oxygen atoms in total. The lowest BCUT2D eigenvalue weighted by Crippen LogP contribution is -2.43. The predicted molar refractivity (Wildman–Crippen MR) is 110 cm³/mol. The molecule has 3 aromatic rings. The van der Waals surface area contributed by atoms with Crippen molar-refractivity contribution < 1.29 is 13.9 Å². The van der Waals surface area contributed by atoms with Crippen LogP contribution in [-0.4, -0.2) is 21.5 Å². The molecule has 0 radical (unpaired) electrons. The maximum absolute atomic E-state index is 13.9. The topological polar surface area (TPSA) is 96.3 Å². The summed E-state index contributed by atoms with van der Waals surface area (Å²) in [7, 11) is 1.26. The van der Waals surface area contributed by atoms with Crippen LogP contribution in [-0.2, 0) is 13.6 Å². The average Bonchev–Trinajstić information content (AvgIpc) is 2.70. The molecule has 29 heavy (non-hydrogen) atoms. The molecule has 0 aliphatic rings. The van der Waals surface area contributed by atoms with Crippen molar-refractivity contribution in [3.05, 3.63) is 90.8 Å². The number of halogens is 2. The van der Waals surface area contributed by atoms with E-state index in [2.05, 4.69) is 15.9 Å². The lowest BCUT2D eigenvalue weighted by Gasteiger charge is -2.15. The van der Waals surface area contributed by atoms with Crippen LogP contribution in [0.3, 0.4) is 0 Å². The minimum atomic E-state index is -0.832. The number of nitrogen functional groups attached to an aromatic ring is 1. The maximum Gasteiger partial charge on any atom is 0.332 e. The van der Waals surface area contributed by atoms with E-state index in [1.54, 1.807) is 30.3 Å². The third-order valence-corrected chi connectivity index (χ3v) is 4.79. The van der Waals surface area contributed by atoms with Crippen LogP contribution in [0.2, 0.25) is 0 Å². The van der Waals surface area contributed by atoms with E-state index in [0.717, 1.165) is 14.7 Å². The smallest absolute Gasteiger partial charge is 0.332 e. The molecule has 2 aromatic carbocycles. The summed E-state index contributed by atoms with van der Waals surface area (Å²) >= 11 is 3.13. The van der Waals surface area contributed by atoms with E-state index in [1.807, 2.05) is 6.07 Å². The van der Waals surface area contributed by atoms with E-state index in [9.17, 15) is 18.8 Å². The Bertz CT molecular complexity index is 1190. The Morgan fingerprint density at radius 2 is 1.86 bits per heavy atom. The lowest BCUT2D eigenvalue weighted by atomic mass is 10.2. The van der Waals surface area contributed by atoms with Crippen LogP contribution in [0.15, 0.2) is 62.6 Å². The van der Waals surface area contributed by atoms with E-state index < -0.39 is 29.5 Å². The molecular weight excluding hydrogens is 445 g/mol. The second kappa shape index (κ2) is 8.44. The van der Waals surface area contributed by atoms with E-state index in [1.165, 1.54) is 19.2 Å². The molecule has 2 N–H and O–H groups in total. The first-order valence-electron chi connectivity index (χ1n) is 8.54. The van der Waals surface area contributed by atoms with Crippen molar-refractivity contribution in [3.63, 3.8) is 0 Å². The van der Waals surface area contributed by atoms with Crippen LogP contribution in [0.4, 0.5) is 10.2 Å². The molecule has 150 valence electrons. The highest BCUT2D eigenvalue weighted by molar-refractivity contribution is 9.10. The van der Waals surface area contributed by atoms with Gasteiger partial charge in [-0.05, 0) is 23.8 Å². The van der Waals surface area contributed by atoms with Gasteiger partial charge in [0.15, 0.2) is 18.2 Å². The molecule has 3 rings (SSSR count). The number of aromatic nitrogens is 2. The van der Waals surface area contributed by atoms with Gasteiger partial charge in [-0.3, -0.25) is 18.7 Å². The van der Waals surface area contributed by atoms with Crippen molar-refractivity contribution in [1.82, 2.24) is 9.13 Å². The Morgan fingerprint density at radius 3 is 2.52 bits per heavy atom. The van der Waals surface area contributed by atoms with Crippen LogP contribution in [0.5, 0.6) is 5.75 Å². The third-order valence-electron chi connectivity index (χ3n) is 4.30. The van der Waals surface area contributed by atoms with Crippen LogP contribution in [0, 0.1) is 5.82 Å². The summed E-state index contributed by atoms with van der Waals surface area (Å²) in [6.07, 6.45) is 0. The predicted octanol–water partition coefficient (Wildman–Crippen LogP) is 2.34. The molecule has 0 saturated carbocycles. The average molecular weight is 462 g/mol. The van der Waals surface area contributed by atoms with Crippen molar-refractivity contribution in [1.29, 1.82) is 0 Å². The molecule has 0 bridgehead atoms. The Hall–Kier alpha value is -3.20. The number of hydrogen-bond donors (Lipinski definition) is 1. The fourth-order valence-electron chi connectivity index (χ4n) is 2.77. The molecule has 1 heterocycles. The highest BCUT2D eigenvalue weighted by atomic mass is 79.9. The van der Waals surface area contributed by atoms with Gasteiger partial charge < -0.3 is 10.5 Å². The SMILES string of the molecule is Cn1c(=O)c(C(=O)COc2ccc(Br)cc2F)c(N)n(Cc2ccccc2)c1=O. The minimum absolute atomic E-state index is 0.0854. The third kappa shape index (κ3) is 4.29. The summed E-state index contributed by atoms with van der Waals surface area (Å²) in [5.41, 5.74) is 4.93. The molecule has 1 aromatic heterocycles. The molecule has 0 saturated heterocycles. The zero-order valence-electron chi connectivity index (χ0n) is 15.4. The summed E-state index contributed by atoms with van der Waals surface area (Å²) in [5, 5.41) is 0. The van der Waals surface area contributed by atoms with Crippen LogP contribution in [0.1, 0.15) is 15.9 Å². The monoisotopic (exact) mass is 461 g/mol. The van der Waals surface area contributed by atoms with Gasteiger partial charge in [-0.15, -0.1) is 0 Å². The standard InChI is InChI=1S/C20H17BrFN3O4/c1-24-19(27)17(15(26)11-29-16-8-7-13(21)9-14(16)22)18(23)25(20(24)28)10-12-5-3-2-4-6-12/h2-9H,10-11,23H2,1H3. The van der Waals surface area contributed by atoms with E-state index in [4.69, 9.17) is 10.5 Å². The summed E-state index contributed by atoms with van der Waals surface area (Å²) in [5.74, 6) is -1.82. The Labute approximate surface area is 173 Å². The van der Waals surface area contributed by atoms with Crippen molar-refractivity contribution in [3.8, 4) is 5.75 Å². The second-order valence-corrected chi connectivity index (χ2v) is 7.18. The minimum Gasteiger partial charge on any atom is -0.482 e. The number of carbonyl (C=O) groups is 1. The first-order chi connectivity index (χ1) is 13.8. The molecule has 9 heteroatoms. The van der Waals surface area contributed by atoms with Gasteiger partial charge in [-0.1, -0.05) is 46.3 Å². The summed E-state index contributed by atoms with van der Waals surface area (Å²) < 4.78 is 21.6. The van der Waals surface area contributed by atoms with Gasteiger partial charge >= 0.3 is 5.69 Å². The maximum atomic E-state index is 13.9. The van der Waals surface area contributed by atoms with Gasteiger partial charge in [0, 0.05) is 11.5 Å². The summed E-state index contributed by atoms with van der Waals surface area (Å²) in [6.45, 7) is -0.524. The molecule has 0 amide bonds. The van der Waals surface area contributed by atoms with Gasteiger partial charge in [0.25, 0.3) is 5.56 Å². The number of nitrogens with two attached hydrogens (primary N) is 1. The molecule has 0 aliphatic carbocycles. The fourth-order valence-corrected chi connectivity index (χ4v) is 3.10. The van der Waals surface area contributed by atoms with Crippen molar-refractivity contribution in [2.45, 2.75) is 6.54 Å². The van der Waals surface area contributed by atoms with E-state index in [0.29, 0.717) is 4.47 Å². The number of carbonyl (C=O) groups excluding carboxylic acids is 1. The number of rotatable bonds is 6. The second-order valence-electron chi connectivity index (χ2n) is 6.27. The number of nitrogens with zero attached hydrogens (tertiary/aromatic N) is 2. The number of ether oxygens (including phenoxy) is 1. The first-order valence-corrected chi connectivity index (χ1v) is 9.33. The summed E-state index contributed by atoms with van der Waals surface area (Å²) in [6, 6.07) is 13.1. The normalized spacial score (nSPS) is 10.7. The molecule has 0 fully saturated rings. The molecular formula is C20H17BrFN3O4. The van der Waals surface area contributed by atoms with Crippen molar-refractivity contribution >= 4 is 27.5 Å². The van der Waals surface area contributed by atoms with Crippen LogP contribution < -0.4 is 21.7 Å². The highest BCUT2D eigenvalue weighted by Gasteiger charge is 2.22. The van der Waals surface area contributed by atoms with Gasteiger partial charge in [0.2, 0.25) is 5.78 Å². The van der Waals surface area contributed by atoms with E-state index in [-0.39, 0.29) is 23.7 Å². The van der Waals surface area contributed by atoms with Gasteiger partial charge in [-0.2, -0.15) is 0 Å². The number of hydrogen-bond acceptors (Lipinski definition) is 5. The lowest BCUT2D eigenvalue weighted by molar-refractivity contribution is 0.0916. The highest BCUT2D eigenvalue weighted by Crippen LogP contribution is 2.21. The number of benzene rings is 2. The van der Waals surface area contributed by atoms with Crippen molar-refractivity contribution in [2.24, 2.45) is 7.05 Å². The Kier molecular flexibility index (Phi) is 5.97.